The van der Waals surface area contributed by atoms with Crippen LogP contribution in [-0.4, -0.2) is 19.7 Å². The normalized spacial score (nSPS) is 16.6. The fourth-order valence-electron chi connectivity index (χ4n) is 2.52. The summed E-state index contributed by atoms with van der Waals surface area (Å²) in [7, 11) is 1.66. The van der Waals surface area contributed by atoms with Gasteiger partial charge in [-0.25, -0.2) is 4.79 Å². The Morgan fingerprint density at radius 1 is 1.32 bits per heavy atom. The van der Waals surface area contributed by atoms with E-state index in [1.165, 1.54) is 5.56 Å². The lowest BCUT2D eigenvalue weighted by Crippen LogP contribution is -2.11. The van der Waals surface area contributed by atoms with E-state index in [0.29, 0.717) is 6.61 Å². The van der Waals surface area contributed by atoms with Gasteiger partial charge < -0.3 is 9.47 Å². The van der Waals surface area contributed by atoms with Crippen molar-refractivity contribution in [3.8, 4) is 5.75 Å². The molecule has 0 aromatic heterocycles. The third-order valence-corrected chi connectivity index (χ3v) is 3.55. The Bertz CT molecular complexity index is 515. The van der Waals surface area contributed by atoms with Gasteiger partial charge in [-0.3, -0.25) is 0 Å². The predicted octanol–water partition coefficient (Wildman–Crippen LogP) is 3.37. The molecule has 1 aliphatic rings. The van der Waals surface area contributed by atoms with E-state index < -0.39 is 0 Å². The van der Waals surface area contributed by atoms with Gasteiger partial charge in [-0.05, 0) is 61.9 Å². The van der Waals surface area contributed by atoms with E-state index in [9.17, 15) is 4.79 Å². The third-order valence-electron chi connectivity index (χ3n) is 3.55. The monoisotopic (exact) mass is 260 g/mol. The Morgan fingerprint density at radius 3 is 2.79 bits per heavy atom. The van der Waals surface area contributed by atoms with Crippen LogP contribution in [0.4, 0.5) is 0 Å². The minimum Gasteiger partial charge on any atom is -0.497 e. The maximum Gasteiger partial charge on any atom is 0.333 e. The van der Waals surface area contributed by atoms with Crippen molar-refractivity contribution >= 4 is 11.5 Å². The van der Waals surface area contributed by atoms with Gasteiger partial charge >= 0.3 is 5.97 Å². The summed E-state index contributed by atoms with van der Waals surface area (Å²) in [5, 5.41) is 0. The highest BCUT2D eigenvalue weighted by Gasteiger charge is 2.20. The van der Waals surface area contributed by atoms with Crippen LogP contribution in [0.15, 0.2) is 23.8 Å². The van der Waals surface area contributed by atoms with Gasteiger partial charge in [-0.2, -0.15) is 0 Å². The van der Waals surface area contributed by atoms with Crippen LogP contribution in [0.25, 0.3) is 5.57 Å². The summed E-state index contributed by atoms with van der Waals surface area (Å²) >= 11 is 0. The zero-order chi connectivity index (χ0) is 13.8. The summed E-state index contributed by atoms with van der Waals surface area (Å²) in [6.07, 6.45) is 3.05. The van der Waals surface area contributed by atoms with E-state index >= 15 is 0 Å². The number of rotatable bonds is 3. The number of esters is 1. The molecule has 3 heteroatoms. The van der Waals surface area contributed by atoms with Crippen LogP contribution in [0.1, 0.15) is 37.8 Å². The minimum atomic E-state index is -0.215. The molecule has 0 aliphatic heterocycles. The Labute approximate surface area is 114 Å². The first-order valence-corrected chi connectivity index (χ1v) is 6.71. The topological polar surface area (TPSA) is 35.5 Å². The number of fused-ring (bicyclic) bond motifs is 1. The fraction of sp³-hybridized carbons (Fsp3) is 0.438. The lowest BCUT2D eigenvalue weighted by Gasteiger charge is -2.21. The Kier molecular flexibility index (Phi) is 4.25. The Balaban J connectivity index is 2.45. The number of hydrogen-bond donors (Lipinski definition) is 0. The molecule has 0 amide bonds. The average Bonchev–Trinajstić information content (AvgIpc) is 2.45. The highest BCUT2D eigenvalue weighted by atomic mass is 16.5. The largest absolute Gasteiger partial charge is 0.497 e. The van der Waals surface area contributed by atoms with E-state index in [0.717, 1.165) is 41.7 Å². The van der Waals surface area contributed by atoms with E-state index in [1.807, 2.05) is 26.0 Å². The molecule has 0 unspecified atom stereocenters. The number of methoxy groups -OCH3 is 1. The summed E-state index contributed by atoms with van der Waals surface area (Å²) in [6.45, 7) is 4.09. The number of carbonyl (C=O) groups excluding carboxylic acids is 1. The van der Waals surface area contributed by atoms with Gasteiger partial charge in [-0.15, -0.1) is 0 Å². The summed E-state index contributed by atoms with van der Waals surface area (Å²) in [5.74, 6) is 0.614. The molecule has 1 aromatic carbocycles. The highest BCUT2D eigenvalue weighted by Crippen LogP contribution is 2.35. The molecular weight excluding hydrogens is 240 g/mol. The maximum atomic E-state index is 11.9. The number of aryl methyl sites for hydroxylation is 1. The molecule has 0 bridgehead atoms. The van der Waals surface area contributed by atoms with E-state index in [-0.39, 0.29) is 5.97 Å². The zero-order valence-corrected chi connectivity index (χ0v) is 11.8. The summed E-state index contributed by atoms with van der Waals surface area (Å²) in [6, 6.07) is 6.08. The van der Waals surface area contributed by atoms with Crippen LogP contribution >= 0.6 is 0 Å². The first kappa shape index (κ1) is 13.7. The van der Waals surface area contributed by atoms with Gasteiger partial charge in [0.2, 0.25) is 0 Å². The predicted molar refractivity (Wildman–Crippen MR) is 75.2 cm³/mol. The van der Waals surface area contributed by atoms with Crippen LogP contribution in [0.5, 0.6) is 5.75 Å². The number of allylic oxidation sites excluding steroid dienone is 1. The van der Waals surface area contributed by atoms with Crippen molar-refractivity contribution in [3.63, 3.8) is 0 Å². The summed E-state index contributed by atoms with van der Waals surface area (Å²) in [4.78, 5) is 11.9. The van der Waals surface area contributed by atoms with Gasteiger partial charge in [0.1, 0.15) is 5.75 Å². The lowest BCUT2D eigenvalue weighted by molar-refractivity contribution is -0.138. The van der Waals surface area contributed by atoms with E-state index in [2.05, 4.69) is 6.07 Å². The van der Waals surface area contributed by atoms with Crippen molar-refractivity contribution < 1.29 is 14.3 Å². The molecule has 0 atom stereocenters. The molecule has 1 aliphatic carbocycles. The van der Waals surface area contributed by atoms with Crippen LogP contribution in [0, 0.1) is 0 Å². The van der Waals surface area contributed by atoms with Crippen molar-refractivity contribution in [1.82, 2.24) is 0 Å². The highest BCUT2D eigenvalue weighted by molar-refractivity contribution is 5.97. The van der Waals surface area contributed by atoms with Crippen LogP contribution in [0.3, 0.4) is 0 Å². The quantitative estimate of drug-likeness (QED) is 0.617. The molecule has 2 rings (SSSR count). The van der Waals surface area contributed by atoms with E-state index in [4.69, 9.17) is 9.47 Å². The van der Waals surface area contributed by atoms with Crippen molar-refractivity contribution in [2.24, 2.45) is 0 Å². The van der Waals surface area contributed by atoms with Crippen LogP contribution < -0.4 is 4.74 Å². The van der Waals surface area contributed by atoms with Crippen LogP contribution in [-0.2, 0) is 16.0 Å². The summed E-state index contributed by atoms with van der Waals surface area (Å²) in [5.41, 5.74) is 4.23. The second-order valence-electron chi connectivity index (χ2n) is 4.70. The first-order valence-electron chi connectivity index (χ1n) is 6.71. The Hall–Kier alpha value is -1.77. The second-order valence-corrected chi connectivity index (χ2v) is 4.70. The molecule has 0 spiro atoms. The van der Waals surface area contributed by atoms with Gasteiger partial charge in [0.15, 0.2) is 0 Å². The average molecular weight is 260 g/mol. The van der Waals surface area contributed by atoms with Gasteiger partial charge in [-0.1, -0.05) is 6.07 Å². The molecule has 0 heterocycles. The van der Waals surface area contributed by atoms with Gasteiger partial charge in [0, 0.05) is 5.57 Å². The smallest absolute Gasteiger partial charge is 0.333 e. The zero-order valence-electron chi connectivity index (χ0n) is 11.8. The number of ether oxygens (including phenoxy) is 2. The third kappa shape index (κ3) is 2.80. The first-order chi connectivity index (χ1) is 9.17. The number of carbonyl (C=O) groups is 1. The molecule has 3 nitrogen and oxygen atoms in total. The van der Waals surface area contributed by atoms with Crippen molar-refractivity contribution in [1.29, 1.82) is 0 Å². The second kappa shape index (κ2) is 5.91. The van der Waals surface area contributed by atoms with Crippen LogP contribution in [0.2, 0.25) is 0 Å². The Morgan fingerprint density at radius 2 is 2.11 bits per heavy atom. The molecule has 0 saturated carbocycles. The maximum absolute atomic E-state index is 11.9. The molecule has 102 valence electrons. The van der Waals surface area contributed by atoms with Crippen molar-refractivity contribution in [3.05, 3.63) is 34.9 Å². The molecular formula is C16H20O3. The number of hydrogen-bond acceptors (Lipinski definition) is 3. The number of benzene rings is 1. The van der Waals surface area contributed by atoms with Crippen molar-refractivity contribution in [2.75, 3.05) is 13.7 Å². The molecule has 0 saturated heterocycles. The lowest BCUT2D eigenvalue weighted by atomic mass is 9.85. The fourth-order valence-corrected chi connectivity index (χ4v) is 2.52. The SMILES string of the molecule is CCOC(=O)/C(C)=C1/CCCc2ccc(OC)cc21. The van der Waals surface area contributed by atoms with Crippen molar-refractivity contribution in [2.45, 2.75) is 33.1 Å². The molecule has 0 N–H and O–H groups in total. The minimum absolute atomic E-state index is 0.215. The van der Waals surface area contributed by atoms with Gasteiger partial charge in [0.25, 0.3) is 0 Å². The molecule has 19 heavy (non-hydrogen) atoms. The molecule has 0 radical (unpaired) electrons. The molecule has 1 aromatic rings. The standard InChI is InChI=1S/C16H20O3/c1-4-19-16(17)11(2)14-7-5-6-12-8-9-13(18-3)10-15(12)14/h8-10H,4-7H2,1-3H3/b14-11-. The summed E-state index contributed by atoms with van der Waals surface area (Å²) < 4.78 is 10.4. The van der Waals surface area contributed by atoms with Gasteiger partial charge in [0.05, 0.1) is 13.7 Å². The molecule has 0 fully saturated rings. The van der Waals surface area contributed by atoms with E-state index in [1.54, 1.807) is 7.11 Å².